The van der Waals surface area contributed by atoms with Crippen LogP contribution in [0.15, 0.2) is 84.9 Å². The first-order valence-corrected chi connectivity index (χ1v) is 7.65. The summed E-state index contributed by atoms with van der Waals surface area (Å²) in [5.41, 5.74) is 2.51. The van der Waals surface area contributed by atoms with Gasteiger partial charge in [-0.05, 0) is 23.6 Å². The fraction of sp³-hybridized carbons (Fsp3) is 0.143. The lowest BCUT2D eigenvalue weighted by Crippen LogP contribution is -2.29. The Hall–Kier alpha value is -2.41. The molecule has 0 nitrogen and oxygen atoms in total. The fourth-order valence-electron chi connectivity index (χ4n) is 3.33. The van der Waals surface area contributed by atoms with Crippen molar-refractivity contribution in [3.63, 3.8) is 0 Å². The molecule has 0 radical (unpaired) electrons. The maximum atomic E-state index is 14.6. The number of rotatable bonds is 4. The van der Waals surface area contributed by atoms with Crippen LogP contribution in [0.25, 0.3) is 0 Å². The van der Waals surface area contributed by atoms with Gasteiger partial charge in [-0.1, -0.05) is 85.8 Å². The van der Waals surface area contributed by atoms with Crippen LogP contribution in [0.3, 0.4) is 0 Å². The van der Waals surface area contributed by atoms with Crippen LogP contribution >= 0.6 is 0 Å². The summed E-state index contributed by atoms with van der Waals surface area (Å²) in [6, 6.07) is 27.5. The van der Waals surface area contributed by atoms with Crippen molar-refractivity contribution in [3.8, 4) is 0 Å². The van der Waals surface area contributed by atoms with E-state index in [1.807, 2.05) is 48.5 Å². The van der Waals surface area contributed by atoms with Crippen LogP contribution in [0.1, 0.15) is 30.0 Å². The van der Waals surface area contributed by atoms with Crippen LogP contribution in [0.2, 0.25) is 0 Å². The molecule has 1 heteroatoms. The monoisotopic (exact) mass is 290 g/mol. The highest BCUT2D eigenvalue weighted by Gasteiger charge is 2.36. The first kappa shape index (κ1) is 14.5. The molecule has 0 aliphatic carbocycles. The third-order valence-electron chi connectivity index (χ3n) is 4.40. The molecule has 0 aliphatic heterocycles. The minimum Gasteiger partial charge on any atom is -0.207 e. The lowest BCUT2D eigenvalue weighted by atomic mass is 9.67. The van der Waals surface area contributed by atoms with Gasteiger partial charge in [0.2, 0.25) is 0 Å². The normalized spacial score (nSPS) is 11.4. The van der Waals surface area contributed by atoms with E-state index >= 15 is 0 Å². The minimum atomic E-state index is -0.464. The van der Waals surface area contributed by atoms with Crippen molar-refractivity contribution < 1.29 is 4.39 Å². The topological polar surface area (TPSA) is 0 Å². The maximum absolute atomic E-state index is 14.6. The number of benzene rings is 3. The fourth-order valence-corrected chi connectivity index (χ4v) is 3.33. The van der Waals surface area contributed by atoms with E-state index in [0.29, 0.717) is 0 Å². The highest BCUT2D eigenvalue weighted by atomic mass is 19.1. The predicted molar refractivity (Wildman–Crippen MR) is 89.5 cm³/mol. The summed E-state index contributed by atoms with van der Waals surface area (Å²) in [4.78, 5) is 0. The minimum absolute atomic E-state index is 0.156. The van der Waals surface area contributed by atoms with Gasteiger partial charge in [-0.3, -0.25) is 0 Å². The van der Waals surface area contributed by atoms with E-state index in [-0.39, 0.29) is 5.82 Å². The van der Waals surface area contributed by atoms with Gasteiger partial charge < -0.3 is 0 Å². The largest absolute Gasteiger partial charge is 0.207 e. The molecule has 3 aromatic carbocycles. The number of halogens is 1. The predicted octanol–water partition coefficient (Wildman–Crippen LogP) is 5.57. The van der Waals surface area contributed by atoms with Gasteiger partial charge in [0.05, 0.1) is 0 Å². The Morgan fingerprint density at radius 2 is 1.14 bits per heavy atom. The zero-order chi connectivity index (χ0) is 15.4. The zero-order valence-electron chi connectivity index (χ0n) is 12.7. The molecule has 3 aromatic rings. The number of hydrogen-bond donors (Lipinski definition) is 0. The molecule has 0 fully saturated rings. The summed E-state index contributed by atoms with van der Waals surface area (Å²) in [5.74, 6) is -0.156. The van der Waals surface area contributed by atoms with Gasteiger partial charge in [0, 0.05) is 11.0 Å². The first-order valence-electron chi connectivity index (χ1n) is 7.65. The van der Waals surface area contributed by atoms with Crippen LogP contribution in [0, 0.1) is 5.82 Å². The Morgan fingerprint density at radius 1 is 0.682 bits per heavy atom. The zero-order valence-corrected chi connectivity index (χ0v) is 12.7. The summed E-state index contributed by atoms with van der Waals surface area (Å²) >= 11 is 0. The lowest BCUT2D eigenvalue weighted by molar-refractivity contribution is 0.529. The lowest BCUT2D eigenvalue weighted by Gasteiger charge is -2.35. The van der Waals surface area contributed by atoms with Crippen molar-refractivity contribution in [1.82, 2.24) is 0 Å². The molecule has 0 atom stereocenters. The molecular weight excluding hydrogens is 271 g/mol. The molecule has 110 valence electrons. The van der Waals surface area contributed by atoms with Crippen molar-refractivity contribution in [2.24, 2.45) is 0 Å². The molecule has 0 saturated carbocycles. The average molecular weight is 290 g/mol. The average Bonchev–Trinajstić information content (AvgIpc) is 2.59. The summed E-state index contributed by atoms with van der Waals surface area (Å²) < 4.78 is 14.6. The SMILES string of the molecule is CCC(c1ccccc1)(c1ccccc1)c1ccccc1F. The molecular formula is C21H19F. The van der Waals surface area contributed by atoms with Gasteiger partial charge in [-0.15, -0.1) is 0 Å². The van der Waals surface area contributed by atoms with E-state index in [1.165, 1.54) is 0 Å². The second kappa shape index (κ2) is 6.15. The maximum Gasteiger partial charge on any atom is 0.127 e. The smallest absolute Gasteiger partial charge is 0.127 e. The Labute approximate surface area is 131 Å². The van der Waals surface area contributed by atoms with E-state index in [4.69, 9.17) is 0 Å². The molecule has 0 aliphatic rings. The Kier molecular flexibility index (Phi) is 4.06. The van der Waals surface area contributed by atoms with Crippen LogP contribution in [-0.4, -0.2) is 0 Å². The second-order valence-corrected chi connectivity index (χ2v) is 5.47. The van der Waals surface area contributed by atoms with Gasteiger partial charge in [-0.2, -0.15) is 0 Å². The van der Waals surface area contributed by atoms with Crippen molar-refractivity contribution in [3.05, 3.63) is 107 Å². The van der Waals surface area contributed by atoms with E-state index in [0.717, 1.165) is 23.1 Å². The second-order valence-electron chi connectivity index (χ2n) is 5.47. The molecule has 0 unspecified atom stereocenters. The van der Waals surface area contributed by atoms with Gasteiger partial charge in [-0.25, -0.2) is 4.39 Å². The van der Waals surface area contributed by atoms with E-state index < -0.39 is 5.41 Å². The van der Waals surface area contributed by atoms with Crippen LogP contribution in [0.4, 0.5) is 4.39 Å². The highest BCUT2D eigenvalue weighted by molar-refractivity contribution is 5.50. The first-order chi connectivity index (χ1) is 10.8. The van der Waals surface area contributed by atoms with E-state index in [2.05, 4.69) is 31.2 Å². The summed E-state index contributed by atoms with van der Waals surface area (Å²) in [5, 5.41) is 0. The molecule has 0 saturated heterocycles. The van der Waals surface area contributed by atoms with Crippen molar-refractivity contribution in [2.45, 2.75) is 18.8 Å². The third kappa shape index (κ3) is 2.33. The highest BCUT2D eigenvalue weighted by Crippen LogP contribution is 2.42. The van der Waals surface area contributed by atoms with E-state index in [9.17, 15) is 4.39 Å². The molecule has 0 aromatic heterocycles. The molecule has 0 heterocycles. The summed E-state index contributed by atoms with van der Waals surface area (Å²) in [6.45, 7) is 2.12. The third-order valence-corrected chi connectivity index (χ3v) is 4.40. The Morgan fingerprint density at radius 3 is 1.59 bits per heavy atom. The molecule has 0 amide bonds. The van der Waals surface area contributed by atoms with Gasteiger partial charge in [0.15, 0.2) is 0 Å². The van der Waals surface area contributed by atoms with Gasteiger partial charge in [0.1, 0.15) is 5.82 Å². The van der Waals surface area contributed by atoms with Gasteiger partial charge >= 0.3 is 0 Å². The Bertz CT molecular complexity index is 693. The molecule has 0 N–H and O–H groups in total. The standard InChI is InChI=1S/C21H19F/c1-2-21(17-11-5-3-6-12-17,18-13-7-4-8-14-18)19-15-9-10-16-20(19)22/h3-16H,2H2,1H3. The summed E-state index contributed by atoms with van der Waals surface area (Å²) in [7, 11) is 0. The van der Waals surface area contributed by atoms with E-state index in [1.54, 1.807) is 12.1 Å². The van der Waals surface area contributed by atoms with Crippen molar-refractivity contribution >= 4 is 0 Å². The molecule has 3 rings (SSSR count). The van der Waals surface area contributed by atoms with Crippen molar-refractivity contribution in [2.75, 3.05) is 0 Å². The number of hydrogen-bond acceptors (Lipinski definition) is 0. The molecule has 0 bridgehead atoms. The quantitative estimate of drug-likeness (QED) is 0.551. The van der Waals surface area contributed by atoms with Crippen LogP contribution in [0.5, 0.6) is 0 Å². The van der Waals surface area contributed by atoms with Crippen LogP contribution < -0.4 is 0 Å². The summed E-state index contributed by atoms with van der Waals surface area (Å²) in [6.07, 6.45) is 0.794. The Balaban J connectivity index is 2.34. The van der Waals surface area contributed by atoms with Crippen LogP contribution in [-0.2, 0) is 5.41 Å². The molecule has 22 heavy (non-hydrogen) atoms. The van der Waals surface area contributed by atoms with Crippen molar-refractivity contribution in [1.29, 1.82) is 0 Å². The van der Waals surface area contributed by atoms with Gasteiger partial charge in [0.25, 0.3) is 0 Å². The molecule has 0 spiro atoms.